The van der Waals surface area contributed by atoms with Gasteiger partial charge < -0.3 is 5.11 Å². The molecular weight excluding hydrogens is 198 g/mol. The average molecular weight is 205 g/mol. The van der Waals surface area contributed by atoms with E-state index in [4.69, 9.17) is 5.11 Å². The Hall–Kier alpha value is -2.24. The highest BCUT2D eigenvalue weighted by Crippen LogP contribution is 1.95. The lowest BCUT2D eigenvalue weighted by molar-refractivity contribution is -0.136. The zero-order valence-corrected chi connectivity index (χ0v) is 7.62. The highest BCUT2D eigenvalue weighted by molar-refractivity contribution is 5.69. The first-order chi connectivity index (χ1) is 7.18. The fourth-order valence-electron chi connectivity index (χ4n) is 1.23. The fraction of sp³-hybridized carbons (Fsp3) is 0.111. The van der Waals surface area contributed by atoms with Gasteiger partial charge in [0, 0.05) is 6.20 Å². The zero-order chi connectivity index (χ0) is 10.8. The molecule has 2 aromatic heterocycles. The summed E-state index contributed by atoms with van der Waals surface area (Å²) in [6.07, 6.45) is 1.11. The Bertz CT molecular complexity index is 576. The van der Waals surface area contributed by atoms with Crippen LogP contribution in [0.2, 0.25) is 0 Å². The van der Waals surface area contributed by atoms with Crippen LogP contribution in [0.4, 0.5) is 0 Å². The number of carboxylic acid groups (broad SMARTS) is 1. The van der Waals surface area contributed by atoms with Crippen molar-refractivity contribution in [3.8, 4) is 0 Å². The molecule has 76 valence electrons. The minimum absolute atomic E-state index is 0.0637. The molecule has 0 aliphatic carbocycles. The molecule has 0 unspecified atom stereocenters. The summed E-state index contributed by atoms with van der Waals surface area (Å²) in [5.74, 6) is -1.10. The highest BCUT2D eigenvalue weighted by atomic mass is 16.4. The number of nitrogens with zero attached hydrogens (tertiary/aromatic N) is 3. The molecule has 0 aliphatic rings. The summed E-state index contributed by atoms with van der Waals surface area (Å²) >= 11 is 0. The molecule has 0 bridgehead atoms. The van der Waals surface area contributed by atoms with Crippen molar-refractivity contribution in [2.24, 2.45) is 0 Å². The third kappa shape index (κ3) is 1.69. The van der Waals surface area contributed by atoms with Gasteiger partial charge in [0.25, 0.3) is 5.56 Å². The minimum atomic E-state index is -1.10. The summed E-state index contributed by atoms with van der Waals surface area (Å²) in [7, 11) is 0. The lowest BCUT2D eigenvalue weighted by atomic mass is 10.3. The van der Waals surface area contributed by atoms with Crippen molar-refractivity contribution in [2.45, 2.75) is 6.42 Å². The van der Waals surface area contributed by atoms with E-state index >= 15 is 0 Å². The van der Waals surface area contributed by atoms with Crippen LogP contribution in [0, 0.1) is 0 Å². The number of rotatable bonds is 2. The molecule has 0 radical (unpaired) electrons. The van der Waals surface area contributed by atoms with Gasteiger partial charge in [-0.2, -0.15) is 0 Å². The summed E-state index contributed by atoms with van der Waals surface area (Å²) < 4.78 is 1.27. The van der Waals surface area contributed by atoms with Crippen molar-refractivity contribution in [3.05, 3.63) is 40.4 Å². The summed E-state index contributed by atoms with van der Waals surface area (Å²) in [5.41, 5.74) is -0.106. The quantitative estimate of drug-likeness (QED) is 0.728. The normalized spacial score (nSPS) is 10.4. The zero-order valence-electron chi connectivity index (χ0n) is 7.62. The van der Waals surface area contributed by atoms with Crippen LogP contribution in [0.15, 0.2) is 29.2 Å². The number of aromatic nitrogens is 3. The molecule has 0 saturated carbocycles. The number of pyridine rings is 1. The van der Waals surface area contributed by atoms with Gasteiger partial charge in [-0.15, -0.1) is 10.2 Å². The molecule has 0 aliphatic heterocycles. The first kappa shape index (κ1) is 9.32. The number of carboxylic acids is 1. The van der Waals surface area contributed by atoms with Gasteiger partial charge in [0.2, 0.25) is 0 Å². The second-order valence-electron chi connectivity index (χ2n) is 2.95. The van der Waals surface area contributed by atoms with Crippen LogP contribution < -0.4 is 5.56 Å². The van der Waals surface area contributed by atoms with Gasteiger partial charge in [-0.05, 0) is 12.1 Å². The smallest absolute Gasteiger partial charge is 0.309 e. The van der Waals surface area contributed by atoms with Gasteiger partial charge in [0.05, 0.1) is 6.42 Å². The first-order valence-electron chi connectivity index (χ1n) is 4.23. The Balaban J connectivity index is 2.65. The summed E-state index contributed by atoms with van der Waals surface area (Å²) in [4.78, 5) is 22.1. The number of carbonyl (C=O) groups is 1. The highest BCUT2D eigenvalue weighted by Gasteiger charge is 2.09. The number of hydrogen-bond donors (Lipinski definition) is 1. The van der Waals surface area contributed by atoms with E-state index in [1.807, 2.05) is 0 Å². The van der Waals surface area contributed by atoms with E-state index in [-0.39, 0.29) is 5.69 Å². The Labute approximate surface area is 83.8 Å². The van der Waals surface area contributed by atoms with Crippen molar-refractivity contribution in [2.75, 3.05) is 0 Å². The first-order valence-corrected chi connectivity index (χ1v) is 4.23. The molecule has 6 nitrogen and oxygen atoms in total. The molecule has 2 heterocycles. The van der Waals surface area contributed by atoms with Gasteiger partial charge in [-0.25, -0.2) is 0 Å². The maximum absolute atomic E-state index is 11.7. The number of aliphatic carboxylic acids is 1. The van der Waals surface area contributed by atoms with Gasteiger partial charge in [0.1, 0.15) is 5.69 Å². The van der Waals surface area contributed by atoms with Gasteiger partial charge in [-0.1, -0.05) is 6.07 Å². The van der Waals surface area contributed by atoms with Crippen LogP contribution in [-0.4, -0.2) is 25.7 Å². The Morgan fingerprint density at radius 2 is 2.20 bits per heavy atom. The summed E-state index contributed by atoms with van der Waals surface area (Å²) in [5, 5.41) is 15.9. The molecule has 15 heavy (non-hydrogen) atoms. The molecule has 6 heteroatoms. The predicted molar refractivity (Wildman–Crippen MR) is 50.6 cm³/mol. The molecule has 2 rings (SSSR count). The van der Waals surface area contributed by atoms with Gasteiger partial charge in [-0.3, -0.25) is 14.0 Å². The van der Waals surface area contributed by atoms with Crippen LogP contribution in [0.3, 0.4) is 0 Å². The van der Waals surface area contributed by atoms with Crippen molar-refractivity contribution in [1.82, 2.24) is 14.6 Å². The lowest BCUT2D eigenvalue weighted by Gasteiger charge is -1.99. The molecule has 0 fully saturated rings. The molecule has 0 aromatic carbocycles. The third-order valence-electron chi connectivity index (χ3n) is 1.90. The van der Waals surface area contributed by atoms with Gasteiger partial charge in [0.15, 0.2) is 5.65 Å². The SMILES string of the molecule is O=C(O)Cc1nnc2ccccn2c1=O. The second kappa shape index (κ2) is 3.49. The van der Waals surface area contributed by atoms with E-state index < -0.39 is 17.9 Å². The molecule has 0 atom stereocenters. The van der Waals surface area contributed by atoms with E-state index in [2.05, 4.69) is 10.2 Å². The fourth-order valence-corrected chi connectivity index (χ4v) is 1.23. The van der Waals surface area contributed by atoms with Crippen molar-refractivity contribution in [1.29, 1.82) is 0 Å². The third-order valence-corrected chi connectivity index (χ3v) is 1.90. The van der Waals surface area contributed by atoms with E-state index in [1.165, 1.54) is 10.6 Å². The Morgan fingerprint density at radius 3 is 2.93 bits per heavy atom. The molecule has 0 spiro atoms. The van der Waals surface area contributed by atoms with E-state index in [1.54, 1.807) is 18.2 Å². The average Bonchev–Trinajstić information content (AvgIpc) is 2.22. The molecule has 2 aromatic rings. The molecule has 0 amide bonds. The van der Waals surface area contributed by atoms with Crippen LogP contribution in [-0.2, 0) is 11.2 Å². The largest absolute Gasteiger partial charge is 0.481 e. The van der Waals surface area contributed by atoms with E-state index in [0.717, 1.165) is 0 Å². The molecular formula is C9H7N3O3. The maximum Gasteiger partial charge on any atom is 0.309 e. The summed E-state index contributed by atoms with van der Waals surface area (Å²) in [6.45, 7) is 0. The van der Waals surface area contributed by atoms with Crippen LogP contribution in [0.1, 0.15) is 5.69 Å². The molecule has 0 saturated heterocycles. The lowest BCUT2D eigenvalue weighted by Crippen LogP contribution is -2.23. The van der Waals surface area contributed by atoms with E-state index in [9.17, 15) is 9.59 Å². The standard InChI is InChI=1S/C9H7N3O3/c13-8(14)5-6-9(15)12-4-2-1-3-7(12)11-10-6/h1-4H,5H2,(H,13,14). The van der Waals surface area contributed by atoms with E-state index in [0.29, 0.717) is 5.65 Å². The number of hydrogen-bond acceptors (Lipinski definition) is 4. The van der Waals surface area contributed by atoms with Crippen LogP contribution in [0.25, 0.3) is 5.65 Å². The monoisotopic (exact) mass is 205 g/mol. The van der Waals surface area contributed by atoms with Crippen LogP contribution >= 0.6 is 0 Å². The van der Waals surface area contributed by atoms with Crippen molar-refractivity contribution >= 4 is 11.6 Å². The topological polar surface area (TPSA) is 84.6 Å². The van der Waals surface area contributed by atoms with Crippen molar-refractivity contribution < 1.29 is 9.90 Å². The predicted octanol–water partition coefficient (Wildman–Crippen LogP) is -0.283. The van der Waals surface area contributed by atoms with Crippen molar-refractivity contribution in [3.63, 3.8) is 0 Å². The molecule has 1 N–H and O–H groups in total. The summed E-state index contributed by atoms with van der Waals surface area (Å²) in [6, 6.07) is 5.01. The maximum atomic E-state index is 11.7. The second-order valence-corrected chi connectivity index (χ2v) is 2.95. The van der Waals surface area contributed by atoms with Crippen LogP contribution in [0.5, 0.6) is 0 Å². The Morgan fingerprint density at radius 1 is 1.40 bits per heavy atom. The minimum Gasteiger partial charge on any atom is -0.481 e. The Kier molecular flexibility index (Phi) is 2.17. The number of fused-ring (bicyclic) bond motifs is 1. The van der Waals surface area contributed by atoms with Gasteiger partial charge >= 0.3 is 5.97 Å².